The average Bonchev–Trinajstić information content (AvgIpc) is 3.01. The summed E-state index contributed by atoms with van der Waals surface area (Å²) in [5.74, 6) is 1.68. The number of halogens is 1. The van der Waals surface area contributed by atoms with Gasteiger partial charge in [0.25, 0.3) is 5.91 Å². The van der Waals surface area contributed by atoms with Gasteiger partial charge in [-0.15, -0.1) is 0 Å². The summed E-state index contributed by atoms with van der Waals surface area (Å²) in [6.07, 6.45) is 0. The Labute approximate surface area is 137 Å². The van der Waals surface area contributed by atoms with Crippen molar-refractivity contribution in [3.63, 3.8) is 0 Å². The lowest BCUT2D eigenvalue weighted by Crippen LogP contribution is -2.12. The lowest BCUT2D eigenvalue weighted by atomic mass is 10.1. The van der Waals surface area contributed by atoms with Gasteiger partial charge in [0.05, 0.1) is 19.2 Å². The van der Waals surface area contributed by atoms with Gasteiger partial charge in [0.1, 0.15) is 0 Å². The molecular weight excluding hydrogens is 322 g/mol. The topological polar surface area (TPSA) is 66.0 Å². The zero-order chi connectivity index (χ0) is 16.4. The van der Waals surface area contributed by atoms with E-state index in [1.807, 2.05) is 0 Å². The highest BCUT2D eigenvalue weighted by Crippen LogP contribution is 2.37. The first kappa shape index (κ1) is 15.3. The van der Waals surface area contributed by atoms with Crippen molar-refractivity contribution in [3.8, 4) is 23.0 Å². The fourth-order valence-corrected chi connectivity index (χ4v) is 2.51. The molecule has 2 aromatic rings. The SMILES string of the molecule is COc1cc(C(=O)Nc2ccc3c(c2)OCO3)cc(Cl)c1OC. The predicted octanol–water partition coefficient (Wildman–Crippen LogP) is 3.34. The summed E-state index contributed by atoms with van der Waals surface area (Å²) in [5.41, 5.74) is 0.940. The third-order valence-electron chi connectivity index (χ3n) is 3.33. The van der Waals surface area contributed by atoms with Crippen molar-refractivity contribution >= 4 is 23.2 Å². The maximum Gasteiger partial charge on any atom is 0.255 e. The first-order valence-corrected chi connectivity index (χ1v) is 7.12. The Bertz CT molecular complexity index is 762. The number of rotatable bonds is 4. The molecule has 7 heteroatoms. The minimum absolute atomic E-state index is 0.179. The molecule has 3 rings (SSSR count). The van der Waals surface area contributed by atoms with E-state index in [4.69, 9.17) is 30.5 Å². The van der Waals surface area contributed by atoms with E-state index >= 15 is 0 Å². The molecule has 0 spiro atoms. The molecule has 2 aromatic carbocycles. The monoisotopic (exact) mass is 335 g/mol. The number of carbonyl (C=O) groups is 1. The van der Waals surface area contributed by atoms with Gasteiger partial charge in [0.15, 0.2) is 23.0 Å². The van der Waals surface area contributed by atoms with Gasteiger partial charge in [-0.25, -0.2) is 0 Å². The van der Waals surface area contributed by atoms with Crippen LogP contribution in [0.4, 0.5) is 5.69 Å². The Hall–Kier alpha value is -2.60. The summed E-state index contributed by atoms with van der Waals surface area (Å²) >= 11 is 6.12. The van der Waals surface area contributed by atoms with Gasteiger partial charge in [0, 0.05) is 17.3 Å². The van der Waals surface area contributed by atoms with Crippen molar-refractivity contribution in [3.05, 3.63) is 40.9 Å². The number of anilines is 1. The normalized spacial score (nSPS) is 12.0. The van der Waals surface area contributed by atoms with E-state index in [2.05, 4.69) is 5.32 Å². The highest BCUT2D eigenvalue weighted by atomic mass is 35.5. The van der Waals surface area contributed by atoms with Gasteiger partial charge >= 0.3 is 0 Å². The van der Waals surface area contributed by atoms with Crippen LogP contribution in [-0.2, 0) is 0 Å². The quantitative estimate of drug-likeness (QED) is 0.928. The first-order chi connectivity index (χ1) is 11.1. The van der Waals surface area contributed by atoms with Crippen LogP contribution in [0.5, 0.6) is 23.0 Å². The van der Waals surface area contributed by atoms with Crippen molar-refractivity contribution in [1.29, 1.82) is 0 Å². The summed E-state index contributed by atoms with van der Waals surface area (Å²) < 4.78 is 20.9. The molecule has 0 saturated carbocycles. The van der Waals surface area contributed by atoms with Crippen LogP contribution in [0.1, 0.15) is 10.4 Å². The largest absolute Gasteiger partial charge is 0.493 e. The summed E-state index contributed by atoms with van der Waals surface area (Å²) in [5, 5.41) is 3.07. The minimum atomic E-state index is -0.327. The number of nitrogens with one attached hydrogen (secondary N) is 1. The van der Waals surface area contributed by atoms with Crippen molar-refractivity contribution in [2.75, 3.05) is 26.3 Å². The highest BCUT2D eigenvalue weighted by molar-refractivity contribution is 6.32. The Kier molecular flexibility index (Phi) is 4.16. The number of methoxy groups -OCH3 is 2. The van der Waals surface area contributed by atoms with Gasteiger partial charge in [-0.05, 0) is 24.3 Å². The van der Waals surface area contributed by atoms with Gasteiger partial charge in [0.2, 0.25) is 6.79 Å². The van der Waals surface area contributed by atoms with Crippen LogP contribution in [0.15, 0.2) is 30.3 Å². The van der Waals surface area contributed by atoms with Crippen LogP contribution in [0, 0.1) is 0 Å². The third kappa shape index (κ3) is 2.98. The molecular formula is C16H14ClNO5. The number of ether oxygens (including phenoxy) is 4. The fraction of sp³-hybridized carbons (Fsp3) is 0.188. The molecule has 23 heavy (non-hydrogen) atoms. The zero-order valence-electron chi connectivity index (χ0n) is 12.5. The summed E-state index contributed by atoms with van der Waals surface area (Å²) in [7, 11) is 2.96. The van der Waals surface area contributed by atoms with Crippen LogP contribution < -0.4 is 24.3 Å². The smallest absolute Gasteiger partial charge is 0.255 e. The molecule has 0 bridgehead atoms. The number of carbonyl (C=O) groups excluding carboxylic acids is 1. The minimum Gasteiger partial charge on any atom is -0.493 e. The van der Waals surface area contributed by atoms with E-state index in [1.165, 1.54) is 20.3 Å². The summed E-state index contributed by atoms with van der Waals surface area (Å²) in [6, 6.07) is 8.24. The molecule has 0 unspecified atom stereocenters. The molecule has 0 aliphatic carbocycles. The van der Waals surface area contributed by atoms with E-state index in [0.29, 0.717) is 39.3 Å². The molecule has 6 nitrogen and oxygen atoms in total. The van der Waals surface area contributed by atoms with Crippen LogP contribution >= 0.6 is 11.6 Å². The molecule has 0 saturated heterocycles. The summed E-state index contributed by atoms with van der Waals surface area (Å²) in [6.45, 7) is 0.179. The number of hydrogen-bond acceptors (Lipinski definition) is 5. The van der Waals surface area contributed by atoms with E-state index in [0.717, 1.165) is 0 Å². The zero-order valence-corrected chi connectivity index (χ0v) is 13.3. The van der Waals surface area contributed by atoms with E-state index < -0.39 is 0 Å². The number of hydrogen-bond donors (Lipinski definition) is 1. The van der Waals surface area contributed by atoms with Crippen LogP contribution in [0.3, 0.4) is 0 Å². The average molecular weight is 336 g/mol. The van der Waals surface area contributed by atoms with Crippen molar-refractivity contribution in [2.45, 2.75) is 0 Å². The highest BCUT2D eigenvalue weighted by Gasteiger charge is 2.17. The molecule has 1 amide bonds. The first-order valence-electron chi connectivity index (χ1n) is 6.75. The molecule has 120 valence electrons. The molecule has 0 fully saturated rings. The molecule has 0 radical (unpaired) electrons. The van der Waals surface area contributed by atoms with Gasteiger partial charge in [-0.2, -0.15) is 0 Å². The van der Waals surface area contributed by atoms with Crippen LogP contribution in [-0.4, -0.2) is 26.9 Å². The Balaban J connectivity index is 1.84. The maximum absolute atomic E-state index is 12.4. The number of fused-ring (bicyclic) bond motifs is 1. The second kappa shape index (κ2) is 6.26. The summed E-state index contributed by atoms with van der Waals surface area (Å²) in [4.78, 5) is 12.4. The second-order valence-corrected chi connectivity index (χ2v) is 5.12. The maximum atomic E-state index is 12.4. The Morgan fingerprint density at radius 2 is 1.91 bits per heavy atom. The van der Waals surface area contributed by atoms with Crippen LogP contribution in [0.2, 0.25) is 5.02 Å². The standard InChI is InChI=1S/C16H14ClNO5/c1-20-14-6-9(5-11(17)15(14)21-2)16(19)18-10-3-4-12-13(7-10)23-8-22-12/h3-7H,8H2,1-2H3,(H,18,19). The van der Waals surface area contributed by atoms with E-state index in [9.17, 15) is 4.79 Å². The lowest BCUT2D eigenvalue weighted by molar-refractivity contribution is 0.102. The molecule has 0 atom stereocenters. The second-order valence-electron chi connectivity index (χ2n) is 4.72. The van der Waals surface area contributed by atoms with Gasteiger partial charge in [-0.1, -0.05) is 11.6 Å². The predicted molar refractivity (Wildman–Crippen MR) is 85.1 cm³/mol. The van der Waals surface area contributed by atoms with Crippen molar-refractivity contribution in [2.24, 2.45) is 0 Å². The van der Waals surface area contributed by atoms with Crippen molar-refractivity contribution in [1.82, 2.24) is 0 Å². The molecule has 1 heterocycles. The number of benzene rings is 2. The van der Waals surface area contributed by atoms with Crippen LogP contribution in [0.25, 0.3) is 0 Å². The lowest BCUT2D eigenvalue weighted by Gasteiger charge is -2.12. The third-order valence-corrected chi connectivity index (χ3v) is 3.61. The Morgan fingerprint density at radius 1 is 1.13 bits per heavy atom. The van der Waals surface area contributed by atoms with E-state index in [1.54, 1.807) is 24.3 Å². The Morgan fingerprint density at radius 3 is 2.65 bits per heavy atom. The van der Waals surface area contributed by atoms with Crippen molar-refractivity contribution < 1.29 is 23.7 Å². The molecule has 1 aliphatic heterocycles. The van der Waals surface area contributed by atoms with E-state index in [-0.39, 0.29) is 12.7 Å². The van der Waals surface area contributed by atoms with Gasteiger partial charge in [-0.3, -0.25) is 4.79 Å². The fourth-order valence-electron chi connectivity index (χ4n) is 2.23. The van der Waals surface area contributed by atoms with Gasteiger partial charge < -0.3 is 24.3 Å². The molecule has 0 aromatic heterocycles. The molecule has 1 N–H and O–H groups in total. The number of amides is 1. The molecule has 1 aliphatic rings.